The van der Waals surface area contributed by atoms with Gasteiger partial charge in [-0.15, -0.1) is 0 Å². The smallest absolute Gasteiger partial charge is 0.228 e. The zero-order valence-electron chi connectivity index (χ0n) is 11.7. The Morgan fingerprint density at radius 2 is 1.86 bits per heavy atom. The predicted molar refractivity (Wildman–Crippen MR) is 79.6 cm³/mol. The third kappa shape index (κ3) is 4.03. The van der Waals surface area contributed by atoms with E-state index in [1.165, 1.54) is 25.3 Å². The van der Waals surface area contributed by atoms with Crippen LogP contribution in [0, 0.1) is 5.82 Å². The Balaban J connectivity index is 2.04. The second-order valence-electron chi connectivity index (χ2n) is 4.59. The zero-order chi connectivity index (χ0) is 15.2. The van der Waals surface area contributed by atoms with Gasteiger partial charge in [-0.05, 0) is 23.3 Å². The number of benzene rings is 2. The Labute approximate surface area is 122 Å². The lowest BCUT2D eigenvalue weighted by atomic mass is 10.1. The number of amides is 1. The summed E-state index contributed by atoms with van der Waals surface area (Å²) in [7, 11) is 1.43. The molecule has 0 aliphatic carbocycles. The molecule has 0 unspecified atom stereocenters. The molecule has 0 aromatic heterocycles. The third-order valence-electron chi connectivity index (χ3n) is 3.06. The minimum atomic E-state index is -0.415. The summed E-state index contributed by atoms with van der Waals surface area (Å²) in [6, 6.07) is 11.5. The van der Waals surface area contributed by atoms with Crippen LogP contribution in [0.2, 0.25) is 0 Å². The molecule has 0 bridgehead atoms. The molecule has 0 aliphatic rings. The van der Waals surface area contributed by atoms with Crippen LogP contribution in [0.3, 0.4) is 0 Å². The number of halogens is 1. The first-order valence-electron chi connectivity index (χ1n) is 6.53. The minimum Gasteiger partial charge on any atom is -0.494 e. The lowest BCUT2D eigenvalue weighted by Crippen LogP contribution is -2.15. The highest BCUT2D eigenvalue weighted by atomic mass is 19.1. The molecule has 0 saturated heterocycles. The summed E-state index contributed by atoms with van der Waals surface area (Å²) in [5.41, 5.74) is 7.86. The van der Waals surface area contributed by atoms with Gasteiger partial charge in [0.1, 0.15) is 11.6 Å². The van der Waals surface area contributed by atoms with E-state index < -0.39 is 5.82 Å². The molecular formula is C16H17FN2O2. The van der Waals surface area contributed by atoms with Crippen molar-refractivity contribution < 1.29 is 13.9 Å². The first-order valence-corrected chi connectivity index (χ1v) is 6.53. The minimum absolute atomic E-state index is 0.194. The Morgan fingerprint density at radius 3 is 2.48 bits per heavy atom. The molecular weight excluding hydrogens is 271 g/mol. The van der Waals surface area contributed by atoms with Crippen LogP contribution in [0.4, 0.5) is 10.1 Å². The molecule has 0 radical (unpaired) electrons. The van der Waals surface area contributed by atoms with Crippen LogP contribution < -0.4 is 15.8 Å². The fourth-order valence-corrected chi connectivity index (χ4v) is 1.94. The number of nitrogens with two attached hydrogens (primary N) is 1. The van der Waals surface area contributed by atoms with Crippen LogP contribution >= 0.6 is 0 Å². The van der Waals surface area contributed by atoms with E-state index in [1.54, 1.807) is 0 Å². The van der Waals surface area contributed by atoms with Gasteiger partial charge >= 0.3 is 0 Å². The van der Waals surface area contributed by atoms with Crippen LogP contribution in [-0.2, 0) is 17.8 Å². The molecule has 0 fully saturated rings. The zero-order valence-corrected chi connectivity index (χ0v) is 11.7. The van der Waals surface area contributed by atoms with Gasteiger partial charge in [0.25, 0.3) is 0 Å². The van der Waals surface area contributed by atoms with E-state index in [0.29, 0.717) is 18.0 Å². The second kappa shape index (κ2) is 6.85. The summed E-state index contributed by atoms with van der Waals surface area (Å²) in [6.07, 6.45) is 0.228. The molecule has 0 saturated carbocycles. The van der Waals surface area contributed by atoms with Crippen molar-refractivity contribution in [3.63, 3.8) is 0 Å². The molecule has 2 aromatic rings. The lowest BCUT2D eigenvalue weighted by Gasteiger charge is -2.10. The maximum atomic E-state index is 13.1. The highest BCUT2D eigenvalue weighted by molar-refractivity contribution is 5.93. The molecule has 3 N–H and O–H groups in total. The number of hydrogen-bond donors (Lipinski definition) is 2. The van der Waals surface area contributed by atoms with Crippen molar-refractivity contribution in [1.82, 2.24) is 0 Å². The van der Waals surface area contributed by atoms with Gasteiger partial charge in [-0.3, -0.25) is 4.79 Å². The van der Waals surface area contributed by atoms with Crippen LogP contribution in [0.1, 0.15) is 11.1 Å². The highest BCUT2D eigenvalue weighted by Crippen LogP contribution is 2.25. The van der Waals surface area contributed by atoms with Gasteiger partial charge in [0.05, 0.1) is 19.2 Å². The molecule has 4 nitrogen and oxygen atoms in total. The summed E-state index contributed by atoms with van der Waals surface area (Å²) >= 11 is 0. The SMILES string of the molecule is COc1cc(F)ccc1NC(=O)Cc1ccc(CN)cc1. The van der Waals surface area contributed by atoms with E-state index in [4.69, 9.17) is 10.5 Å². The van der Waals surface area contributed by atoms with Crippen molar-refractivity contribution in [1.29, 1.82) is 0 Å². The Kier molecular flexibility index (Phi) is 4.90. The van der Waals surface area contributed by atoms with Crippen LogP contribution in [0.25, 0.3) is 0 Å². The molecule has 110 valence electrons. The van der Waals surface area contributed by atoms with Crippen LogP contribution in [0.5, 0.6) is 5.75 Å². The molecule has 5 heteroatoms. The molecule has 1 amide bonds. The maximum absolute atomic E-state index is 13.1. The Morgan fingerprint density at radius 1 is 1.19 bits per heavy atom. The predicted octanol–water partition coefficient (Wildman–Crippen LogP) is 2.47. The fraction of sp³-hybridized carbons (Fsp3) is 0.188. The van der Waals surface area contributed by atoms with Crippen molar-refractivity contribution in [2.24, 2.45) is 5.73 Å². The fourth-order valence-electron chi connectivity index (χ4n) is 1.94. The molecule has 0 aliphatic heterocycles. The Hall–Kier alpha value is -2.40. The summed E-state index contributed by atoms with van der Waals surface area (Å²) in [5.74, 6) is -0.315. The van der Waals surface area contributed by atoms with Gasteiger partial charge < -0.3 is 15.8 Å². The number of carbonyl (C=O) groups is 1. The summed E-state index contributed by atoms with van der Waals surface area (Å²) in [6.45, 7) is 0.471. The van der Waals surface area contributed by atoms with Crippen LogP contribution in [0.15, 0.2) is 42.5 Å². The van der Waals surface area contributed by atoms with E-state index >= 15 is 0 Å². The van der Waals surface area contributed by atoms with Gasteiger partial charge in [0.15, 0.2) is 0 Å². The van der Waals surface area contributed by atoms with Crippen molar-refractivity contribution in [3.8, 4) is 5.75 Å². The number of hydrogen-bond acceptors (Lipinski definition) is 3. The normalized spacial score (nSPS) is 10.2. The van der Waals surface area contributed by atoms with Gasteiger partial charge in [-0.25, -0.2) is 4.39 Å². The van der Waals surface area contributed by atoms with E-state index in [1.807, 2.05) is 24.3 Å². The molecule has 0 atom stereocenters. The number of rotatable bonds is 5. The molecule has 0 heterocycles. The molecule has 2 rings (SSSR count). The molecule has 0 spiro atoms. The summed E-state index contributed by atoms with van der Waals surface area (Å²) in [4.78, 5) is 12.0. The highest BCUT2D eigenvalue weighted by Gasteiger charge is 2.09. The average molecular weight is 288 g/mol. The number of nitrogens with one attached hydrogen (secondary N) is 1. The van der Waals surface area contributed by atoms with Crippen molar-refractivity contribution in [2.45, 2.75) is 13.0 Å². The first kappa shape index (κ1) is 15.0. The average Bonchev–Trinajstić information content (AvgIpc) is 2.49. The van der Waals surface area contributed by atoms with Crippen molar-refractivity contribution in [3.05, 3.63) is 59.4 Å². The standard InChI is InChI=1S/C16H17FN2O2/c1-21-15-9-13(17)6-7-14(15)19-16(20)8-11-2-4-12(10-18)5-3-11/h2-7,9H,8,10,18H2,1H3,(H,19,20). The molecule has 21 heavy (non-hydrogen) atoms. The van der Waals surface area contributed by atoms with E-state index in [-0.39, 0.29) is 12.3 Å². The van der Waals surface area contributed by atoms with E-state index in [0.717, 1.165) is 11.1 Å². The van der Waals surface area contributed by atoms with Crippen molar-refractivity contribution >= 4 is 11.6 Å². The van der Waals surface area contributed by atoms with E-state index in [9.17, 15) is 9.18 Å². The lowest BCUT2D eigenvalue weighted by molar-refractivity contribution is -0.115. The quantitative estimate of drug-likeness (QED) is 0.888. The van der Waals surface area contributed by atoms with Gasteiger partial charge in [-0.2, -0.15) is 0 Å². The van der Waals surface area contributed by atoms with Crippen LogP contribution in [-0.4, -0.2) is 13.0 Å². The van der Waals surface area contributed by atoms with Crippen molar-refractivity contribution in [2.75, 3.05) is 12.4 Å². The maximum Gasteiger partial charge on any atom is 0.228 e. The number of carbonyl (C=O) groups excluding carboxylic acids is 1. The van der Waals surface area contributed by atoms with Gasteiger partial charge in [0, 0.05) is 12.6 Å². The topological polar surface area (TPSA) is 64.3 Å². The number of ether oxygens (including phenoxy) is 1. The third-order valence-corrected chi connectivity index (χ3v) is 3.06. The summed E-state index contributed by atoms with van der Waals surface area (Å²) in [5, 5.41) is 2.71. The van der Waals surface area contributed by atoms with Gasteiger partial charge in [0.2, 0.25) is 5.91 Å². The van der Waals surface area contributed by atoms with E-state index in [2.05, 4.69) is 5.32 Å². The first-order chi connectivity index (χ1) is 10.1. The Bertz CT molecular complexity index is 627. The monoisotopic (exact) mass is 288 g/mol. The number of methoxy groups -OCH3 is 1. The number of anilines is 1. The molecule has 2 aromatic carbocycles. The largest absolute Gasteiger partial charge is 0.494 e. The second-order valence-corrected chi connectivity index (χ2v) is 4.59. The summed E-state index contributed by atoms with van der Waals surface area (Å²) < 4.78 is 18.1. The van der Waals surface area contributed by atoms with Gasteiger partial charge in [-0.1, -0.05) is 24.3 Å².